The number of aliphatic hydroxyl groups excluding tert-OH is 1. The summed E-state index contributed by atoms with van der Waals surface area (Å²) in [6, 6.07) is 14.4. The largest absolute Gasteiger partial charge is 0.369 e. The lowest BCUT2D eigenvalue weighted by Crippen LogP contribution is -2.46. The second-order valence-corrected chi connectivity index (χ2v) is 12.8. The summed E-state index contributed by atoms with van der Waals surface area (Å²) in [6.45, 7) is 7.95. The number of fused-ring (bicyclic) bond motifs is 2. The molecular formula is C38H34N4O4. The van der Waals surface area contributed by atoms with Gasteiger partial charge in [0.1, 0.15) is 0 Å². The Kier molecular flexibility index (Phi) is 6.95. The Morgan fingerprint density at radius 3 is 1.78 bits per heavy atom. The first-order valence-corrected chi connectivity index (χ1v) is 16.2. The lowest BCUT2D eigenvalue weighted by molar-refractivity contribution is -0.0141. The number of nitrogens with zero attached hydrogens (tertiary/aromatic N) is 4. The van der Waals surface area contributed by atoms with E-state index in [0.717, 1.165) is 32.1 Å². The number of hydrogen-bond donors (Lipinski definition) is 1. The number of carbonyl (C=O) groups is 3. The molecular weight excluding hydrogens is 576 g/mol. The van der Waals surface area contributed by atoms with Gasteiger partial charge in [0.05, 0.1) is 34.4 Å². The van der Waals surface area contributed by atoms with Crippen molar-refractivity contribution >= 4 is 60.8 Å². The fourth-order valence-electron chi connectivity index (χ4n) is 7.90. The Hall–Kier alpha value is -5.05. The van der Waals surface area contributed by atoms with Gasteiger partial charge >= 0.3 is 0 Å². The van der Waals surface area contributed by atoms with Crippen molar-refractivity contribution in [2.45, 2.75) is 84.5 Å². The third kappa shape index (κ3) is 3.83. The molecule has 2 aliphatic heterocycles. The molecule has 0 radical (unpaired) electrons. The molecule has 1 N–H and O–H groups in total. The summed E-state index contributed by atoms with van der Waals surface area (Å²) >= 11 is 0. The number of nitriles is 2. The van der Waals surface area contributed by atoms with Crippen LogP contribution in [0.25, 0.3) is 43.1 Å². The molecule has 0 fully saturated rings. The molecule has 0 aromatic heterocycles. The quantitative estimate of drug-likeness (QED) is 0.109. The number of unbranched alkanes of at least 4 members (excludes halogenated alkanes) is 2. The minimum absolute atomic E-state index is 0.176. The summed E-state index contributed by atoms with van der Waals surface area (Å²) in [5.74, 6) is -1.15. The fraction of sp³-hybridized carbons (Fsp3) is 0.342. The number of benzene rings is 5. The van der Waals surface area contributed by atoms with E-state index in [1.54, 1.807) is 23.1 Å². The third-order valence-electron chi connectivity index (χ3n) is 10.1. The summed E-state index contributed by atoms with van der Waals surface area (Å²) in [5, 5.41) is 37.2. The van der Waals surface area contributed by atoms with Crippen LogP contribution < -0.4 is 0 Å². The average Bonchev–Trinajstić information content (AvgIpc) is 3.06. The molecule has 3 atom stereocenters. The van der Waals surface area contributed by atoms with Crippen LogP contribution in [0.2, 0.25) is 0 Å². The first kappa shape index (κ1) is 29.6. The molecule has 3 unspecified atom stereocenters. The zero-order chi connectivity index (χ0) is 32.6. The van der Waals surface area contributed by atoms with Crippen LogP contribution in [-0.4, -0.2) is 44.7 Å². The van der Waals surface area contributed by atoms with E-state index < -0.39 is 18.0 Å². The highest BCUT2D eigenvalue weighted by atomic mass is 16.3. The summed E-state index contributed by atoms with van der Waals surface area (Å²) in [4.78, 5) is 44.8. The number of aliphatic hydroxyl groups is 1. The van der Waals surface area contributed by atoms with Crippen molar-refractivity contribution in [3.63, 3.8) is 0 Å². The van der Waals surface area contributed by atoms with Gasteiger partial charge < -0.3 is 10.0 Å². The summed E-state index contributed by atoms with van der Waals surface area (Å²) in [5.41, 5.74) is 2.09. The second-order valence-electron chi connectivity index (χ2n) is 12.8. The van der Waals surface area contributed by atoms with E-state index in [0.29, 0.717) is 60.6 Å². The van der Waals surface area contributed by atoms with E-state index in [1.165, 1.54) is 4.90 Å². The molecule has 5 aromatic carbocycles. The highest BCUT2D eigenvalue weighted by Gasteiger charge is 2.40. The Labute approximate surface area is 266 Å². The van der Waals surface area contributed by atoms with Gasteiger partial charge in [-0.3, -0.25) is 19.3 Å². The maximum Gasteiger partial charge on any atom is 0.261 e. The molecule has 2 aliphatic rings. The van der Waals surface area contributed by atoms with Gasteiger partial charge in [0.15, 0.2) is 6.23 Å². The molecule has 3 amide bonds. The van der Waals surface area contributed by atoms with Crippen molar-refractivity contribution in [2.24, 2.45) is 0 Å². The number of rotatable bonds is 8. The van der Waals surface area contributed by atoms with Crippen molar-refractivity contribution in [3.05, 3.63) is 69.8 Å². The van der Waals surface area contributed by atoms with Crippen molar-refractivity contribution in [1.82, 2.24) is 9.80 Å². The van der Waals surface area contributed by atoms with Crippen LogP contribution in [0.5, 0.6) is 0 Å². The Balaban J connectivity index is 1.58. The van der Waals surface area contributed by atoms with Gasteiger partial charge in [0, 0.05) is 50.1 Å². The molecule has 8 heteroatoms. The normalized spacial score (nSPS) is 17.4. The molecule has 7 rings (SSSR count). The predicted molar refractivity (Wildman–Crippen MR) is 177 cm³/mol. The molecule has 0 aliphatic carbocycles. The van der Waals surface area contributed by atoms with Gasteiger partial charge in [-0.05, 0) is 61.0 Å². The van der Waals surface area contributed by atoms with Gasteiger partial charge in [-0.15, -0.1) is 0 Å². The fourth-order valence-corrected chi connectivity index (χ4v) is 7.90. The summed E-state index contributed by atoms with van der Waals surface area (Å²) in [7, 11) is 0. The Morgan fingerprint density at radius 2 is 1.24 bits per heavy atom. The standard InChI is InChI=1S/C38H34N4O4/c1-5-7-9-19(3)41-35(43)25-13-11-23-29-21(17-39)15-27-33-28(38(46)42(37(27)45)20(4)10-8-6-2)16-22(18-40)30(34(29)33)24-12-14-26(36(41)44)32(25)31(23)24/h11-16,19-20,35,43H,5-10H2,1-4H3. The maximum absolute atomic E-state index is 14.0. The minimum Gasteiger partial charge on any atom is -0.369 e. The van der Waals surface area contributed by atoms with E-state index in [2.05, 4.69) is 26.0 Å². The van der Waals surface area contributed by atoms with E-state index in [-0.39, 0.29) is 40.2 Å². The van der Waals surface area contributed by atoms with Crippen LogP contribution in [0.15, 0.2) is 36.4 Å². The van der Waals surface area contributed by atoms with Crippen molar-refractivity contribution in [2.75, 3.05) is 0 Å². The van der Waals surface area contributed by atoms with Crippen LogP contribution in [0, 0.1) is 22.7 Å². The molecule has 2 heterocycles. The molecule has 8 nitrogen and oxygen atoms in total. The topological polar surface area (TPSA) is 126 Å². The van der Waals surface area contributed by atoms with Crippen LogP contribution in [-0.2, 0) is 0 Å². The van der Waals surface area contributed by atoms with Crippen molar-refractivity contribution in [3.8, 4) is 12.1 Å². The molecule has 46 heavy (non-hydrogen) atoms. The van der Waals surface area contributed by atoms with Gasteiger partial charge in [-0.25, -0.2) is 0 Å². The van der Waals surface area contributed by atoms with Crippen LogP contribution in [0.1, 0.15) is 120 Å². The van der Waals surface area contributed by atoms with Crippen LogP contribution in [0.4, 0.5) is 0 Å². The highest BCUT2D eigenvalue weighted by Crippen LogP contribution is 2.50. The van der Waals surface area contributed by atoms with Gasteiger partial charge in [-0.1, -0.05) is 57.7 Å². The number of amides is 3. The SMILES string of the molecule is CCCCC(C)N1C(=O)c2cc(C#N)c3c4ccc5c6c(ccc(c7c(C#N)cc(c2c37)C1=O)c64)C(O)N(C(C)CCCC)C5=O. The number of imide groups is 1. The Morgan fingerprint density at radius 1 is 0.696 bits per heavy atom. The summed E-state index contributed by atoms with van der Waals surface area (Å²) < 4.78 is 0. The predicted octanol–water partition coefficient (Wildman–Crippen LogP) is 7.68. The average molecular weight is 611 g/mol. The first-order chi connectivity index (χ1) is 22.2. The zero-order valence-corrected chi connectivity index (χ0v) is 26.4. The summed E-state index contributed by atoms with van der Waals surface area (Å²) in [6.07, 6.45) is 3.93. The first-order valence-electron chi connectivity index (χ1n) is 16.2. The maximum atomic E-state index is 14.0. The lowest BCUT2D eigenvalue weighted by Gasteiger charge is -2.38. The molecule has 0 bridgehead atoms. The minimum atomic E-state index is -1.16. The lowest BCUT2D eigenvalue weighted by atomic mass is 9.79. The molecule has 230 valence electrons. The number of carbonyl (C=O) groups excluding carboxylic acids is 3. The van der Waals surface area contributed by atoms with Crippen LogP contribution >= 0.6 is 0 Å². The van der Waals surface area contributed by atoms with Gasteiger partial charge in [-0.2, -0.15) is 10.5 Å². The van der Waals surface area contributed by atoms with Crippen molar-refractivity contribution < 1.29 is 19.5 Å². The van der Waals surface area contributed by atoms with Crippen molar-refractivity contribution in [1.29, 1.82) is 10.5 Å². The zero-order valence-electron chi connectivity index (χ0n) is 26.4. The number of hydrogen-bond acceptors (Lipinski definition) is 6. The van der Waals surface area contributed by atoms with E-state index >= 15 is 0 Å². The van der Waals surface area contributed by atoms with Gasteiger partial charge in [0.25, 0.3) is 17.7 Å². The van der Waals surface area contributed by atoms with E-state index in [1.807, 2.05) is 32.0 Å². The Bertz CT molecular complexity index is 2150. The van der Waals surface area contributed by atoms with E-state index in [9.17, 15) is 30.0 Å². The highest BCUT2D eigenvalue weighted by molar-refractivity contribution is 6.41. The molecule has 0 saturated carbocycles. The van der Waals surface area contributed by atoms with Crippen LogP contribution in [0.3, 0.4) is 0 Å². The van der Waals surface area contributed by atoms with Gasteiger partial charge in [0.2, 0.25) is 0 Å². The third-order valence-corrected chi connectivity index (χ3v) is 10.1. The molecule has 0 saturated heterocycles. The van der Waals surface area contributed by atoms with E-state index in [4.69, 9.17) is 0 Å². The molecule has 5 aromatic rings. The second kappa shape index (κ2) is 10.8. The molecule has 0 spiro atoms. The monoisotopic (exact) mass is 610 g/mol. The smallest absolute Gasteiger partial charge is 0.261 e.